The predicted molar refractivity (Wildman–Crippen MR) is 111 cm³/mol. The third-order valence-electron chi connectivity index (χ3n) is 5.80. The van der Waals surface area contributed by atoms with Crippen LogP contribution in [0.5, 0.6) is 5.75 Å². The van der Waals surface area contributed by atoms with E-state index in [1.165, 1.54) is 24.0 Å². The van der Waals surface area contributed by atoms with Crippen LogP contribution in [0, 0.1) is 24.2 Å². The van der Waals surface area contributed by atoms with Crippen molar-refractivity contribution in [2.45, 2.75) is 64.7 Å². The maximum atomic E-state index is 12.6. The second-order valence-electron chi connectivity index (χ2n) is 7.93. The summed E-state index contributed by atoms with van der Waals surface area (Å²) in [7, 11) is 0. The molecule has 0 aromatic heterocycles. The molecular formula is C25H29NO2. The summed E-state index contributed by atoms with van der Waals surface area (Å²) in [5, 5.41) is 9.25. The van der Waals surface area contributed by atoms with E-state index in [1.807, 2.05) is 13.0 Å². The first-order chi connectivity index (χ1) is 13.6. The number of carbonyl (C=O) groups excluding carboxylic acids is 1. The molecule has 28 heavy (non-hydrogen) atoms. The topological polar surface area (TPSA) is 50.1 Å². The molecule has 0 heterocycles. The normalized spacial score (nSPS) is 19.0. The van der Waals surface area contributed by atoms with E-state index in [4.69, 9.17) is 4.74 Å². The van der Waals surface area contributed by atoms with Crippen LogP contribution in [-0.4, -0.2) is 5.97 Å². The van der Waals surface area contributed by atoms with Gasteiger partial charge in [-0.1, -0.05) is 43.7 Å². The number of carbonyl (C=O) groups is 1. The van der Waals surface area contributed by atoms with Gasteiger partial charge in [0, 0.05) is 0 Å². The monoisotopic (exact) mass is 375 g/mol. The Balaban J connectivity index is 1.55. The Morgan fingerprint density at radius 1 is 1.11 bits per heavy atom. The standard InChI is InChI=1S/C25H29NO2/c1-3-4-5-19-7-9-20(10-8-19)21-11-13-22(14-12-21)25(27)28-24-15-6-18(2)16-23(24)17-26/h6-10,15-16,21-22H,3-5,11-14H2,1-2H3. The van der Waals surface area contributed by atoms with Gasteiger partial charge in [0.15, 0.2) is 0 Å². The Morgan fingerprint density at radius 2 is 1.82 bits per heavy atom. The van der Waals surface area contributed by atoms with Gasteiger partial charge in [0.1, 0.15) is 11.8 Å². The van der Waals surface area contributed by atoms with E-state index in [0.29, 0.717) is 17.2 Å². The first kappa shape index (κ1) is 20.1. The molecule has 3 nitrogen and oxygen atoms in total. The number of esters is 1. The summed E-state index contributed by atoms with van der Waals surface area (Å²) < 4.78 is 5.56. The molecule has 146 valence electrons. The van der Waals surface area contributed by atoms with Gasteiger partial charge in [-0.25, -0.2) is 0 Å². The lowest BCUT2D eigenvalue weighted by atomic mass is 9.78. The van der Waals surface area contributed by atoms with Crippen molar-refractivity contribution in [3.8, 4) is 11.8 Å². The minimum Gasteiger partial charge on any atom is -0.425 e. The van der Waals surface area contributed by atoms with E-state index in [2.05, 4.69) is 37.3 Å². The SMILES string of the molecule is CCCCc1ccc(C2CCC(C(=O)Oc3ccc(C)cc3C#N)CC2)cc1. The number of rotatable bonds is 6. The molecule has 0 spiro atoms. The molecule has 1 saturated carbocycles. The van der Waals surface area contributed by atoms with E-state index in [0.717, 1.165) is 37.7 Å². The smallest absolute Gasteiger partial charge is 0.314 e. The van der Waals surface area contributed by atoms with E-state index in [1.54, 1.807) is 12.1 Å². The lowest BCUT2D eigenvalue weighted by Crippen LogP contribution is -2.25. The molecule has 0 saturated heterocycles. The highest BCUT2D eigenvalue weighted by atomic mass is 16.5. The Bertz CT molecular complexity index is 840. The zero-order valence-corrected chi connectivity index (χ0v) is 16.9. The van der Waals surface area contributed by atoms with E-state index >= 15 is 0 Å². The molecule has 0 amide bonds. The third kappa shape index (κ3) is 5.01. The van der Waals surface area contributed by atoms with Crippen LogP contribution in [0.2, 0.25) is 0 Å². The van der Waals surface area contributed by atoms with E-state index in [9.17, 15) is 10.1 Å². The highest BCUT2D eigenvalue weighted by molar-refractivity contribution is 5.76. The van der Waals surface area contributed by atoms with Crippen molar-refractivity contribution in [1.82, 2.24) is 0 Å². The minimum atomic E-state index is -0.200. The molecule has 2 aromatic carbocycles. The van der Waals surface area contributed by atoms with Crippen LogP contribution in [0.4, 0.5) is 0 Å². The fourth-order valence-electron chi connectivity index (χ4n) is 4.01. The molecule has 0 radical (unpaired) electrons. The molecule has 1 fully saturated rings. The predicted octanol–water partition coefficient (Wildman–Crippen LogP) is 6.09. The number of nitrogens with zero attached hydrogens (tertiary/aromatic N) is 1. The first-order valence-electron chi connectivity index (χ1n) is 10.4. The van der Waals surface area contributed by atoms with E-state index < -0.39 is 0 Å². The van der Waals surface area contributed by atoms with Gasteiger partial charge in [-0.2, -0.15) is 5.26 Å². The Kier molecular flexibility index (Phi) is 6.87. The van der Waals surface area contributed by atoms with Crippen LogP contribution in [0.15, 0.2) is 42.5 Å². The summed E-state index contributed by atoms with van der Waals surface area (Å²) in [6, 6.07) is 16.5. The van der Waals surface area contributed by atoms with Crippen molar-refractivity contribution in [3.05, 3.63) is 64.7 Å². The zero-order chi connectivity index (χ0) is 19.9. The first-order valence-corrected chi connectivity index (χ1v) is 10.4. The number of ether oxygens (including phenoxy) is 1. The van der Waals surface area contributed by atoms with E-state index in [-0.39, 0.29) is 11.9 Å². The minimum absolute atomic E-state index is 0.0760. The van der Waals surface area contributed by atoms with Gasteiger partial charge in [-0.05, 0) is 80.2 Å². The third-order valence-corrected chi connectivity index (χ3v) is 5.80. The fourth-order valence-corrected chi connectivity index (χ4v) is 4.01. The Morgan fingerprint density at radius 3 is 2.46 bits per heavy atom. The molecule has 3 rings (SSSR count). The number of hydrogen-bond donors (Lipinski definition) is 0. The van der Waals surface area contributed by atoms with Crippen LogP contribution in [0.25, 0.3) is 0 Å². The van der Waals surface area contributed by atoms with Gasteiger partial charge in [0.25, 0.3) is 0 Å². The second kappa shape index (κ2) is 9.55. The zero-order valence-electron chi connectivity index (χ0n) is 16.9. The molecule has 1 aliphatic rings. The molecule has 0 atom stereocenters. The van der Waals surface area contributed by atoms with Crippen LogP contribution in [0.3, 0.4) is 0 Å². The summed E-state index contributed by atoms with van der Waals surface area (Å²) in [5.41, 5.74) is 4.20. The van der Waals surface area contributed by atoms with Gasteiger partial charge >= 0.3 is 5.97 Å². The average molecular weight is 376 g/mol. The van der Waals surface area contributed by atoms with Gasteiger partial charge in [-0.15, -0.1) is 0 Å². The highest BCUT2D eigenvalue weighted by Crippen LogP contribution is 2.36. The van der Waals surface area contributed by atoms with Crippen molar-refractivity contribution >= 4 is 5.97 Å². The van der Waals surface area contributed by atoms with Crippen LogP contribution < -0.4 is 4.74 Å². The molecule has 1 aliphatic carbocycles. The fraction of sp³-hybridized carbons (Fsp3) is 0.440. The lowest BCUT2D eigenvalue weighted by Gasteiger charge is -2.27. The summed E-state index contributed by atoms with van der Waals surface area (Å²) >= 11 is 0. The maximum Gasteiger partial charge on any atom is 0.314 e. The van der Waals surface area contributed by atoms with Crippen molar-refractivity contribution in [1.29, 1.82) is 5.26 Å². The second-order valence-corrected chi connectivity index (χ2v) is 7.93. The van der Waals surface area contributed by atoms with Crippen molar-refractivity contribution in [2.24, 2.45) is 5.92 Å². The maximum absolute atomic E-state index is 12.6. The molecule has 0 unspecified atom stereocenters. The number of hydrogen-bond acceptors (Lipinski definition) is 3. The number of aryl methyl sites for hydroxylation is 2. The molecular weight excluding hydrogens is 346 g/mol. The summed E-state index contributed by atoms with van der Waals surface area (Å²) in [6.45, 7) is 4.14. The van der Waals surface area contributed by atoms with Crippen LogP contribution in [-0.2, 0) is 11.2 Å². The lowest BCUT2D eigenvalue weighted by molar-refractivity contribution is -0.140. The van der Waals surface area contributed by atoms with Crippen molar-refractivity contribution in [2.75, 3.05) is 0 Å². The molecule has 2 aromatic rings. The van der Waals surface area contributed by atoms with Crippen LogP contribution in [0.1, 0.15) is 73.6 Å². The summed E-state index contributed by atoms with van der Waals surface area (Å²) in [4.78, 5) is 12.6. The number of benzene rings is 2. The Labute approximate surface area is 168 Å². The molecule has 0 N–H and O–H groups in total. The van der Waals surface area contributed by atoms with Crippen molar-refractivity contribution < 1.29 is 9.53 Å². The average Bonchev–Trinajstić information content (AvgIpc) is 2.74. The number of unbranched alkanes of at least 4 members (excludes halogenated alkanes) is 1. The van der Waals surface area contributed by atoms with Gasteiger partial charge in [-0.3, -0.25) is 4.79 Å². The summed E-state index contributed by atoms with van der Waals surface area (Å²) in [6.07, 6.45) is 7.31. The highest BCUT2D eigenvalue weighted by Gasteiger charge is 2.28. The molecule has 0 aliphatic heterocycles. The summed E-state index contributed by atoms with van der Waals surface area (Å²) in [5.74, 6) is 0.628. The molecule has 3 heteroatoms. The van der Waals surface area contributed by atoms with Gasteiger partial charge in [0.2, 0.25) is 0 Å². The van der Waals surface area contributed by atoms with Crippen molar-refractivity contribution in [3.63, 3.8) is 0 Å². The van der Waals surface area contributed by atoms with Gasteiger partial charge in [0.05, 0.1) is 11.5 Å². The largest absolute Gasteiger partial charge is 0.425 e. The Hall–Kier alpha value is -2.60. The molecule has 0 bridgehead atoms. The number of nitriles is 1. The quantitative estimate of drug-likeness (QED) is 0.453. The van der Waals surface area contributed by atoms with Crippen LogP contribution >= 0.6 is 0 Å². The van der Waals surface area contributed by atoms with Gasteiger partial charge < -0.3 is 4.74 Å².